The topological polar surface area (TPSA) is 54.8 Å². The standard InChI is InChI=1S/C43H26N4OS/c1-2-13-26(14-3-1)41-44-42(28-23-22-25-12-4-5-15-27(25)24-28)46-43(45-41)47-32-19-9-6-16-29(32)35-36-30-17-7-10-20-33(30)48-39(36)37-31-18-8-11-21-34(31)49-40(37)38(35)47/h1-24,42H,(H,44,45,46). The van der Waals surface area contributed by atoms with Gasteiger partial charge in [-0.1, -0.05) is 121 Å². The molecule has 1 atom stereocenters. The van der Waals surface area contributed by atoms with E-state index in [1.54, 1.807) is 0 Å². The molecule has 7 aromatic carbocycles. The van der Waals surface area contributed by atoms with Gasteiger partial charge in [0.1, 0.15) is 17.3 Å². The summed E-state index contributed by atoms with van der Waals surface area (Å²) in [7, 11) is 0. The number of fused-ring (bicyclic) bond motifs is 13. The molecule has 0 spiro atoms. The maximum atomic E-state index is 6.76. The van der Waals surface area contributed by atoms with Gasteiger partial charge in [-0.3, -0.25) is 4.57 Å². The number of hydrogen-bond acceptors (Lipinski definition) is 5. The van der Waals surface area contributed by atoms with Gasteiger partial charge >= 0.3 is 0 Å². The highest BCUT2D eigenvalue weighted by molar-refractivity contribution is 7.27. The van der Waals surface area contributed by atoms with Crippen molar-refractivity contribution in [1.29, 1.82) is 0 Å². The van der Waals surface area contributed by atoms with Crippen LogP contribution in [0.2, 0.25) is 0 Å². The van der Waals surface area contributed by atoms with Crippen molar-refractivity contribution in [2.45, 2.75) is 6.17 Å². The van der Waals surface area contributed by atoms with Crippen molar-refractivity contribution in [2.24, 2.45) is 9.98 Å². The van der Waals surface area contributed by atoms with E-state index in [0.29, 0.717) is 5.84 Å². The molecule has 3 aromatic heterocycles. The van der Waals surface area contributed by atoms with E-state index in [1.807, 2.05) is 35.6 Å². The van der Waals surface area contributed by atoms with E-state index in [-0.39, 0.29) is 6.17 Å². The smallest absolute Gasteiger partial charge is 0.211 e. The van der Waals surface area contributed by atoms with E-state index in [2.05, 4.69) is 131 Å². The summed E-state index contributed by atoms with van der Waals surface area (Å²) in [6.07, 6.45) is -0.347. The third-order valence-electron chi connectivity index (χ3n) is 9.82. The monoisotopic (exact) mass is 646 g/mol. The van der Waals surface area contributed by atoms with Gasteiger partial charge in [-0.15, -0.1) is 11.3 Å². The fourth-order valence-corrected chi connectivity index (χ4v) is 8.89. The van der Waals surface area contributed by atoms with Gasteiger partial charge in [-0.25, -0.2) is 4.99 Å². The number of furan rings is 1. The number of aliphatic imine (C=N–C) groups is 2. The predicted molar refractivity (Wildman–Crippen MR) is 205 cm³/mol. The Morgan fingerprint density at radius 2 is 1.37 bits per heavy atom. The van der Waals surface area contributed by atoms with Crippen molar-refractivity contribution < 1.29 is 4.42 Å². The van der Waals surface area contributed by atoms with Gasteiger partial charge in [0, 0.05) is 42.6 Å². The average molecular weight is 647 g/mol. The number of amidine groups is 1. The van der Waals surface area contributed by atoms with E-state index in [0.717, 1.165) is 60.8 Å². The summed E-state index contributed by atoms with van der Waals surface area (Å²) in [4.78, 5) is 10.5. The van der Waals surface area contributed by atoms with Gasteiger partial charge < -0.3 is 9.73 Å². The second kappa shape index (κ2) is 10.1. The summed E-state index contributed by atoms with van der Waals surface area (Å²) in [5.74, 6) is 1.44. The molecule has 1 N–H and O–H groups in total. The van der Waals surface area contributed by atoms with Crippen LogP contribution >= 0.6 is 11.3 Å². The fourth-order valence-electron chi connectivity index (χ4n) is 7.65. The number of nitrogens with zero attached hydrogens (tertiary/aromatic N) is 3. The zero-order valence-electron chi connectivity index (χ0n) is 26.1. The molecule has 11 rings (SSSR count). The van der Waals surface area contributed by atoms with Crippen molar-refractivity contribution in [3.63, 3.8) is 0 Å². The van der Waals surface area contributed by atoms with E-state index < -0.39 is 0 Å². The van der Waals surface area contributed by atoms with Crippen molar-refractivity contribution in [3.8, 4) is 0 Å². The Bertz CT molecular complexity index is 3040. The van der Waals surface area contributed by atoms with Gasteiger partial charge in [0.2, 0.25) is 5.96 Å². The van der Waals surface area contributed by atoms with Gasteiger partial charge in [-0.2, -0.15) is 4.99 Å². The maximum Gasteiger partial charge on any atom is 0.211 e. The lowest BCUT2D eigenvalue weighted by molar-refractivity contribution is 0.662. The predicted octanol–water partition coefficient (Wildman–Crippen LogP) is 11.2. The van der Waals surface area contributed by atoms with E-state index in [1.165, 1.54) is 30.9 Å². The number of rotatable bonds is 2. The zero-order chi connectivity index (χ0) is 32.1. The average Bonchev–Trinajstić information content (AvgIpc) is 3.84. The SMILES string of the molecule is c1ccc(C2=NC(c3ccc4ccccc4c3)NC(n3c4ccccc4c4c5c6ccccc6oc5c5c6ccccc6sc5c43)=N2)cc1. The summed E-state index contributed by atoms with van der Waals surface area (Å²) >= 11 is 1.81. The number of nitrogens with one attached hydrogen (secondary N) is 1. The van der Waals surface area contributed by atoms with E-state index in [4.69, 9.17) is 14.4 Å². The molecule has 49 heavy (non-hydrogen) atoms. The molecule has 1 aliphatic heterocycles. The van der Waals surface area contributed by atoms with Gasteiger partial charge in [0.15, 0.2) is 5.84 Å². The van der Waals surface area contributed by atoms with E-state index in [9.17, 15) is 0 Å². The summed E-state index contributed by atoms with van der Waals surface area (Å²) in [6.45, 7) is 0. The first-order valence-corrected chi connectivity index (χ1v) is 17.3. The Morgan fingerprint density at radius 1 is 0.633 bits per heavy atom. The largest absolute Gasteiger partial charge is 0.455 e. The van der Waals surface area contributed by atoms with Crippen LogP contribution in [0.25, 0.3) is 74.7 Å². The molecule has 0 bridgehead atoms. The normalized spacial score (nSPS) is 15.1. The Morgan fingerprint density at radius 3 is 2.27 bits per heavy atom. The van der Waals surface area contributed by atoms with E-state index >= 15 is 0 Å². The number of thiophene rings is 1. The summed E-state index contributed by atoms with van der Waals surface area (Å²) in [5.41, 5.74) is 6.07. The molecule has 5 nitrogen and oxygen atoms in total. The number of aromatic nitrogens is 1. The minimum absolute atomic E-state index is 0.347. The molecule has 0 saturated heterocycles. The lowest BCUT2D eigenvalue weighted by Crippen LogP contribution is -2.37. The van der Waals surface area contributed by atoms with Crippen LogP contribution < -0.4 is 5.32 Å². The lowest BCUT2D eigenvalue weighted by atomic mass is 10.0. The molecule has 0 fully saturated rings. The molecule has 0 aliphatic carbocycles. The molecule has 230 valence electrons. The number of hydrogen-bond donors (Lipinski definition) is 1. The first kappa shape index (κ1) is 26.8. The van der Waals surface area contributed by atoms with Crippen molar-refractivity contribution in [1.82, 2.24) is 9.88 Å². The van der Waals surface area contributed by atoms with Crippen molar-refractivity contribution >= 4 is 97.8 Å². The maximum absolute atomic E-state index is 6.76. The number of benzene rings is 7. The molecule has 0 saturated carbocycles. The first-order chi connectivity index (χ1) is 24.3. The molecule has 6 heteroatoms. The van der Waals surface area contributed by atoms with Crippen LogP contribution in [0, 0.1) is 0 Å². The van der Waals surface area contributed by atoms with Crippen LogP contribution in [0.3, 0.4) is 0 Å². The Kier molecular flexibility index (Phi) is 5.54. The first-order valence-electron chi connectivity index (χ1n) is 16.5. The van der Waals surface area contributed by atoms with Gasteiger partial charge in [0.05, 0.1) is 15.7 Å². The second-order valence-corrected chi connectivity index (χ2v) is 13.6. The van der Waals surface area contributed by atoms with Crippen molar-refractivity contribution in [3.05, 3.63) is 157 Å². The van der Waals surface area contributed by atoms with Crippen LogP contribution in [0.1, 0.15) is 17.3 Å². The lowest BCUT2D eigenvalue weighted by Gasteiger charge is -2.25. The highest BCUT2D eigenvalue weighted by Crippen LogP contribution is 2.49. The highest BCUT2D eigenvalue weighted by Gasteiger charge is 2.29. The molecular weight excluding hydrogens is 621 g/mol. The molecule has 4 heterocycles. The fraction of sp³-hybridized carbons (Fsp3) is 0.0233. The highest BCUT2D eigenvalue weighted by atomic mass is 32.1. The minimum Gasteiger partial charge on any atom is -0.455 e. The number of para-hydroxylation sites is 2. The Balaban J connectivity index is 1.27. The second-order valence-electron chi connectivity index (χ2n) is 12.6. The molecule has 1 aliphatic rings. The Labute approximate surface area is 284 Å². The van der Waals surface area contributed by atoms with Crippen LogP contribution in [-0.2, 0) is 0 Å². The van der Waals surface area contributed by atoms with Gasteiger partial charge in [-0.05, 0) is 40.6 Å². The summed E-state index contributed by atoms with van der Waals surface area (Å²) in [6, 6.07) is 51.1. The minimum atomic E-state index is -0.347. The Hall–Kier alpha value is -6.24. The molecule has 0 radical (unpaired) electrons. The van der Waals surface area contributed by atoms with Crippen LogP contribution in [-0.4, -0.2) is 16.4 Å². The third kappa shape index (κ3) is 3.86. The quantitative estimate of drug-likeness (QED) is 0.203. The van der Waals surface area contributed by atoms with Crippen molar-refractivity contribution in [2.75, 3.05) is 0 Å². The van der Waals surface area contributed by atoms with Gasteiger partial charge in [0.25, 0.3) is 0 Å². The summed E-state index contributed by atoms with van der Waals surface area (Å²) < 4.78 is 11.5. The van der Waals surface area contributed by atoms with Crippen LogP contribution in [0.5, 0.6) is 0 Å². The van der Waals surface area contributed by atoms with Crippen LogP contribution in [0.4, 0.5) is 0 Å². The molecule has 1 unspecified atom stereocenters. The summed E-state index contributed by atoms with van der Waals surface area (Å²) in [5, 5.41) is 13.1. The molecule has 0 amide bonds. The van der Waals surface area contributed by atoms with Crippen LogP contribution in [0.15, 0.2) is 160 Å². The molecule has 10 aromatic rings. The third-order valence-corrected chi connectivity index (χ3v) is 11.0. The molecular formula is C43H26N4OS. The zero-order valence-corrected chi connectivity index (χ0v) is 26.9.